The second-order valence-electron chi connectivity index (χ2n) is 5.43. The summed E-state index contributed by atoms with van der Waals surface area (Å²) >= 11 is 0. The molecule has 0 aromatic rings. The van der Waals surface area contributed by atoms with Crippen LogP contribution in [0.1, 0.15) is 41.5 Å². The summed E-state index contributed by atoms with van der Waals surface area (Å²) < 4.78 is 10.2. The maximum absolute atomic E-state index is 11.4. The van der Waals surface area contributed by atoms with Crippen LogP contribution < -0.4 is 0 Å². The highest BCUT2D eigenvalue weighted by molar-refractivity contribution is 5.87. The van der Waals surface area contributed by atoms with E-state index in [1.165, 1.54) is 13.8 Å². The molecule has 20 heavy (non-hydrogen) atoms. The van der Waals surface area contributed by atoms with Gasteiger partial charge in [-0.3, -0.25) is 0 Å². The fourth-order valence-electron chi connectivity index (χ4n) is 0.910. The van der Waals surface area contributed by atoms with Crippen molar-refractivity contribution in [1.29, 1.82) is 0 Å². The summed E-state index contributed by atoms with van der Waals surface area (Å²) in [6, 6.07) is 0. The number of nitrogens with zero attached hydrogens (tertiary/aromatic N) is 2. The molecular formula is C14H22N2O4. The molecule has 0 amide bonds. The second-order valence-corrected chi connectivity index (χ2v) is 5.43. The Balaban J connectivity index is 4.81. The number of hydrogen-bond donors (Lipinski definition) is 0. The van der Waals surface area contributed by atoms with Crippen LogP contribution in [0.15, 0.2) is 34.5 Å². The number of carbonyl (C=O) groups is 2. The van der Waals surface area contributed by atoms with Gasteiger partial charge in [0.1, 0.15) is 0 Å². The number of ether oxygens (including phenoxy) is 2. The Kier molecular flexibility index (Phi) is 5.81. The molecule has 0 unspecified atom stereocenters. The van der Waals surface area contributed by atoms with Crippen molar-refractivity contribution >= 4 is 11.9 Å². The van der Waals surface area contributed by atoms with Gasteiger partial charge in [0, 0.05) is 11.1 Å². The minimum absolute atomic E-state index is 0.265. The quantitative estimate of drug-likeness (QED) is 0.426. The van der Waals surface area contributed by atoms with Crippen molar-refractivity contribution in [3.8, 4) is 0 Å². The summed E-state index contributed by atoms with van der Waals surface area (Å²) in [5, 5.41) is 7.79. The van der Waals surface area contributed by atoms with E-state index >= 15 is 0 Å². The summed E-state index contributed by atoms with van der Waals surface area (Å²) in [5.41, 5.74) is -1.83. The van der Waals surface area contributed by atoms with Crippen molar-refractivity contribution in [2.24, 2.45) is 10.2 Å². The fourth-order valence-corrected chi connectivity index (χ4v) is 0.910. The van der Waals surface area contributed by atoms with Gasteiger partial charge in [0.05, 0.1) is 0 Å². The van der Waals surface area contributed by atoms with Crippen LogP contribution in [0, 0.1) is 0 Å². The van der Waals surface area contributed by atoms with Gasteiger partial charge >= 0.3 is 11.9 Å². The van der Waals surface area contributed by atoms with E-state index in [1.807, 2.05) is 0 Å². The Morgan fingerprint density at radius 2 is 1.05 bits per heavy atom. The van der Waals surface area contributed by atoms with Crippen LogP contribution in [-0.4, -0.2) is 23.4 Å². The summed E-state index contributed by atoms with van der Waals surface area (Å²) in [4.78, 5) is 22.9. The molecule has 112 valence electrons. The van der Waals surface area contributed by atoms with E-state index in [9.17, 15) is 9.59 Å². The van der Waals surface area contributed by atoms with Crippen molar-refractivity contribution in [2.45, 2.75) is 53.0 Å². The van der Waals surface area contributed by atoms with Crippen LogP contribution in [0.5, 0.6) is 0 Å². The lowest BCUT2D eigenvalue weighted by molar-refractivity contribution is -0.156. The van der Waals surface area contributed by atoms with E-state index in [2.05, 4.69) is 23.4 Å². The first-order valence-corrected chi connectivity index (χ1v) is 6.08. The highest BCUT2D eigenvalue weighted by Gasteiger charge is 2.27. The largest absolute Gasteiger partial charge is 0.433 e. The van der Waals surface area contributed by atoms with Gasteiger partial charge in [-0.05, 0) is 41.5 Å². The van der Waals surface area contributed by atoms with Crippen LogP contribution in [0.3, 0.4) is 0 Å². The minimum atomic E-state index is -1.18. The van der Waals surface area contributed by atoms with Gasteiger partial charge in [-0.15, -0.1) is 10.2 Å². The molecule has 0 radical (unpaired) electrons. The fraction of sp³-hybridized carbons (Fsp3) is 0.571. The van der Waals surface area contributed by atoms with Crippen molar-refractivity contribution < 1.29 is 19.1 Å². The SMILES string of the molecule is C=C(C)C(=O)OC(C)(C)N=NC(C)(C)OC(=O)C(=C)C. The summed E-state index contributed by atoms with van der Waals surface area (Å²) in [6.45, 7) is 16.3. The smallest absolute Gasteiger partial charge is 0.335 e. The van der Waals surface area contributed by atoms with Crippen LogP contribution in [0.4, 0.5) is 0 Å². The van der Waals surface area contributed by atoms with Gasteiger partial charge in [0.2, 0.25) is 11.4 Å². The molecule has 0 aliphatic heterocycles. The zero-order chi connectivity index (χ0) is 16.1. The first-order valence-electron chi connectivity index (χ1n) is 6.08. The molecule has 0 bridgehead atoms. The maximum Gasteiger partial charge on any atom is 0.335 e. The Morgan fingerprint density at radius 3 is 1.25 bits per heavy atom. The average Bonchev–Trinajstić information content (AvgIpc) is 2.25. The van der Waals surface area contributed by atoms with E-state index in [4.69, 9.17) is 9.47 Å². The van der Waals surface area contributed by atoms with Gasteiger partial charge in [0.25, 0.3) is 0 Å². The van der Waals surface area contributed by atoms with Gasteiger partial charge in [-0.1, -0.05) is 13.2 Å². The third kappa shape index (κ3) is 6.82. The van der Waals surface area contributed by atoms with E-state index in [0.29, 0.717) is 0 Å². The van der Waals surface area contributed by atoms with E-state index < -0.39 is 23.4 Å². The maximum atomic E-state index is 11.4. The molecule has 0 saturated heterocycles. The Bertz CT molecular complexity index is 420. The number of carbonyl (C=O) groups excluding carboxylic acids is 2. The highest BCUT2D eigenvalue weighted by atomic mass is 16.6. The van der Waals surface area contributed by atoms with Gasteiger partial charge in [0.15, 0.2) is 0 Å². The van der Waals surface area contributed by atoms with Crippen molar-refractivity contribution in [1.82, 2.24) is 0 Å². The van der Waals surface area contributed by atoms with Crippen molar-refractivity contribution in [2.75, 3.05) is 0 Å². The topological polar surface area (TPSA) is 77.3 Å². The van der Waals surface area contributed by atoms with Crippen molar-refractivity contribution in [3.63, 3.8) is 0 Å². The molecule has 6 nitrogen and oxygen atoms in total. The van der Waals surface area contributed by atoms with E-state index in [0.717, 1.165) is 0 Å². The third-order valence-corrected chi connectivity index (χ3v) is 1.91. The zero-order valence-corrected chi connectivity index (χ0v) is 12.9. The number of rotatable bonds is 6. The Morgan fingerprint density at radius 1 is 0.800 bits per heavy atom. The lowest BCUT2D eigenvalue weighted by Gasteiger charge is -2.23. The molecule has 0 N–H and O–H groups in total. The van der Waals surface area contributed by atoms with Gasteiger partial charge < -0.3 is 9.47 Å². The van der Waals surface area contributed by atoms with Crippen molar-refractivity contribution in [3.05, 3.63) is 24.3 Å². The monoisotopic (exact) mass is 282 g/mol. The Hall–Kier alpha value is -1.98. The zero-order valence-electron chi connectivity index (χ0n) is 12.9. The van der Waals surface area contributed by atoms with Crippen LogP contribution in [-0.2, 0) is 19.1 Å². The molecule has 0 rings (SSSR count). The summed E-state index contributed by atoms with van der Waals surface area (Å²) in [6.07, 6.45) is 0. The average molecular weight is 282 g/mol. The first kappa shape index (κ1) is 18.0. The van der Waals surface area contributed by atoms with Gasteiger partial charge in [-0.2, -0.15) is 0 Å². The molecule has 0 saturated carbocycles. The molecule has 0 atom stereocenters. The third-order valence-electron chi connectivity index (χ3n) is 1.91. The summed E-state index contributed by atoms with van der Waals surface area (Å²) in [5.74, 6) is -1.13. The predicted octanol–water partition coefficient (Wildman–Crippen LogP) is 3.15. The van der Waals surface area contributed by atoms with Crippen LogP contribution in [0.25, 0.3) is 0 Å². The van der Waals surface area contributed by atoms with E-state index in [-0.39, 0.29) is 11.1 Å². The lowest BCUT2D eigenvalue weighted by Crippen LogP contribution is -2.29. The molecule has 0 spiro atoms. The Labute approximate surface area is 119 Å². The molecule has 0 aromatic carbocycles. The highest BCUT2D eigenvalue weighted by Crippen LogP contribution is 2.20. The molecule has 0 aliphatic rings. The molecule has 0 heterocycles. The number of hydrogen-bond acceptors (Lipinski definition) is 6. The minimum Gasteiger partial charge on any atom is -0.433 e. The standard InChI is InChI=1S/C14H22N2O4/c1-9(2)11(17)19-13(5,6)15-16-14(7,8)20-12(18)10(3)4/h1,3H2,2,4-8H3. The predicted molar refractivity (Wildman–Crippen MR) is 74.8 cm³/mol. The second kappa shape index (κ2) is 6.45. The van der Waals surface area contributed by atoms with Crippen LogP contribution in [0.2, 0.25) is 0 Å². The molecular weight excluding hydrogens is 260 g/mol. The van der Waals surface area contributed by atoms with Crippen LogP contribution >= 0.6 is 0 Å². The first-order chi connectivity index (χ1) is 8.86. The van der Waals surface area contributed by atoms with Gasteiger partial charge in [-0.25, -0.2) is 9.59 Å². The number of esters is 2. The number of azo groups is 1. The lowest BCUT2D eigenvalue weighted by atomic mass is 10.3. The molecule has 0 aliphatic carbocycles. The molecule has 6 heteroatoms. The van der Waals surface area contributed by atoms with E-state index in [1.54, 1.807) is 27.7 Å². The molecule has 0 aromatic heterocycles. The molecule has 0 fully saturated rings. The normalized spacial score (nSPS) is 12.1. The summed E-state index contributed by atoms with van der Waals surface area (Å²) in [7, 11) is 0.